The topological polar surface area (TPSA) is 9.23 Å². The molecule has 0 saturated heterocycles. The van der Waals surface area contributed by atoms with Crippen LogP contribution in [-0.2, 0) is 4.74 Å². The van der Waals surface area contributed by atoms with Gasteiger partial charge in [0.2, 0.25) is 0 Å². The lowest BCUT2D eigenvalue weighted by Crippen LogP contribution is -2.33. The van der Waals surface area contributed by atoms with Crippen LogP contribution < -0.4 is 0 Å². The fourth-order valence-electron chi connectivity index (χ4n) is 4.32. The molecule has 0 aliphatic heterocycles. The van der Waals surface area contributed by atoms with Crippen molar-refractivity contribution in [3.8, 4) is 0 Å². The summed E-state index contributed by atoms with van der Waals surface area (Å²) in [5.74, 6) is 0.259. The van der Waals surface area contributed by atoms with Gasteiger partial charge in [0.1, 0.15) is 16.7 Å². The Morgan fingerprint density at radius 2 is 1.74 bits per heavy atom. The molecular weight excluding hydrogens is 318 g/mol. The van der Waals surface area contributed by atoms with Gasteiger partial charge in [0.05, 0.1) is 12.7 Å². The summed E-state index contributed by atoms with van der Waals surface area (Å²) in [5.41, 5.74) is 0.757. The van der Waals surface area contributed by atoms with E-state index in [2.05, 4.69) is 6.58 Å². The van der Waals surface area contributed by atoms with Gasteiger partial charge in [0, 0.05) is 0 Å². The van der Waals surface area contributed by atoms with E-state index in [4.69, 9.17) is 16.3 Å². The number of halogens is 3. The minimum Gasteiger partial charge on any atom is -0.374 e. The average molecular weight is 341 g/mol. The molecule has 1 aromatic rings. The van der Waals surface area contributed by atoms with Crippen LogP contribution in [-0.4, -0.2) is 12.7 Å². The molecule has 0 radical (unpaired) electrons. The Balaban J connectivity index is 1.64. The summed E-state index contributed by atoms with van der Waals surface area (Å²) in [5, 5.41) is -0.401. The van der Waals surface area contributed by atoms with Gasteiger partial charge in [-0.15, -0.1) is 6.58 Å². The van der Waals surface area contributed by atoms with E-state index in [-0.39, 0.29) is 5.92 Å². The molecule has 1 nitrogen and oxygen atoms in total. The van der Waals surface area contributed by atoms with Crippen LogP contribution in [0.25, 0.3) is 0 Å². The standard InChI is InChI=1S/C19H23ClF2O/c1-2-7-23-16-6-5-12-8-13(3-4-14(12)9-16)15-10-17(21)19(20)18(22)11-15/h2,10-14,16H,1,3-9H2. The van der Waals surface area contributed by atoms with Crippen molar-refractivity contribution in [1.82, 2.24) is 0 Å². The van der Waals surface area contributed by atoms with E-state index in [0.29, 0.717) is 24.5 Å². The van der Waals surface area contributed by atoms with Crippen LogP contribution in [0.4, 0.5) is 8.78 Å². The first-order valence-corrected chi connectivity index (χ1v) is 8.83. The Hall–Kier alpha value is -0.930. The molecule has 4 atom stereocenters. The first-order valence-electron chi connectivity index (χ1n) is 8.45. The fraction of sp³-hybridized carbons (Fsp3) is 0.579. The Morgan fingerprint density at radius 3 is 2.43 bits per heavy atom. The molecule has 23 heavy (non-hydrogen) atoms. The fourth-order valence-corrected chi connectivity index (χ4v) is 4.42. The third kappa shape index (κ3) is 3.77. The van der Waals surface area contributed by atoms with E-state index >= 15 is 0 Å². The summed E-state index contributed by atoms with van der Waals surface area (Å²) in [7, 11) is 0. The molecule has 2 aliphatic carbocycles. The zero-order chi connectivity index (χ0) is 16.4. The lowest BCUT2D eigenvalue weighted by molar-refractivity contribution is -0.00312. The van der Waals surface area contributed by atoms with Gasteiger partial charge < -0.3 is 4.74 Å². The van der Waals surface area contributed by atoms with Crippen LogP contribution in [0.5, 0.6) is 0 Å². The van der Waals surface area contributed by atoms with Crippen molar-refractivity contribution >= 4 is 11.6 Å². The zero-order valence-electron chi connectivity index (χ0n) is 13.2. The predicted molar refractivity (Wildman–Crippen MR) is 88.7 cm³/mol. The molecule has 0 spiro atoms. The molecule has 0 bridgehead atoms. The Bertz CT molecular complexity index is 551. The lowest BCUT2D eigenvalue weighted by Gasteiger charge is -2.42. The van der Waals surface area contributed by atoms with Gasteiger partial charge in [-0.3, -0.25) is 0 Å². The molecule has 0 amide bonds. The maximum absolute atomic E-state index is 13.7. The minimum absolute atomic E-state index is 0.239. The molecule has 126 valence electrons. The normalized spacial score (nSPS) is 30.7. The molecule has 0 heterocycles. The maximum atomic E-state index is 13.7. The monoisotopic (exact) mass is 340 g/mol. The second kappa shape index (κ2) is 7.31. The van der Waals surface area contributed by atoms with Gasteiger partial charge in [-0.2, -0.15) is 0 Å². The van der Waals surface area contributed by atoms with E-state index < -0.39 is 16.7 Å². The highest BCUT2D eigenvalue weighted by atomic mass is 35.5. The molecule has 0 N–H and O–H groups in total. The van der Waals surface area contributed by atoms with Gasteiger partial charge in [-0.05, 0) is 74.0 Å². The van der Waals surface area contributed by atoms with Crippen LogP contribution in [0.15, 0.2) is 24.8 Å². The molecule has 0 aromatic heterocycles. The smallest absolute Gasteiger partial charge is 0.145 e. The Labute approximate surface area is 141 Å². The zero-order valence-corrected chi connectivity index (χ0v) is 14.0. The molecule has 1 aromatic carbocycles. The van der Waals surface area contributed by atoms with Crippen molar-refractivity contribution in [2.45, 2.75) is 50.5 Å². The van der Waals surface area contributed by atoms with Gasteiger partial charge in [0.15, 0.2) is 0 Å². The molecule has 3 rings (SSSR count). The SMILES string of the molecule is C=CCOC1CCC2CC(c3cc(F)c(Cl)c(F)c3)CCC2C1. The van der Waals surface area contributed by atoms with Crippen LogP contribution in [0.3, 0.4) is 0 Å². The first-order chi connectivity index (χ1) is 11.1. The van der Waals surface area contributed by atoms with Gasteiger partial charge in [-0.1, -0.05) is 17.7 Å². The summed E-state index contributed by atoms with van der Waals surface area (Å²) in [6, 6.07) is 2.82. The van der Waals surface area contributed by atoms with E-state index in [9.17, 15) is 8.78 Å². The number of ether oxygens (including phenoxy) is 1. The van der Waals surface area contributed by atoms with Crippen molar-refractivity contribution < 1.29 is 13.5 Å². The number of rotatable bonds is 4. The van der Waals surface area contributed by atoms with Crippen molar-refractivity contribution in [2.75, 3.05) is 6.61 Å². The number of hydrogen-bond acceptors (Lipinski definition) is 1. The van der Waals surface area contributed by atoms with E-state index in [1.807, 2.05) is 0 Å². The second-order valence-corrected chi connectivity index (χ2v) is 7.26. The molecule has 2 aliphatic rings. The largest absolute Gasteiger partial charge is 0.374 e. The van der Waals surface area contributed by atoms with Crippen molar-refractivity contribution in [3.05, 3.63) is 47.0 Å². The third-order valence-electron chi connectivity index (χ3n) is 5.49. The number of benzene rings is 1. The maximum Gasteiger partial charge on any atom is 0.145 e. The van der Waals surface area contributed by atoms with Crippen LogP contribution >= 0.6 is 11.6 Å². The van der Waals surface area contributed by atoms with Gasteiger partial charge in [-0.25, -0.2) is 8.78 Å². The molecule has 2 fully saturated rings. The summed E-state index contributed by atoms with van der Waals surface area (Å²) < 4.78 is 33.2. The Kier molecular flexibility index (Phi) is 5.38. The predicted octanol–water partition coefficient (Wildman–Crippen LogP) is 5.87. The van der Waals surface area contributed by atoms with Crippen LogP contribution in [0.1, 0.15) is 50.0 Å². The molecular formula is C19H23ClF2O. The molecule has 4 unspecified atom stereocenters. The van der Waals surface area contributed by atoms with Crippen molar-refractivity contribution in [3.63, 3.8) is 0 Å². The van der Waals surface area contributed by atoms with Gasteiger partial charge >= 0.3 is 0 Å². The average Bonchev–Trinajstić information content (AvgIpc) is 2.56. The van der Waals surface area contributed by atoms with Crippen molar-refractivity contribution in [1.29, 1.82) is 0 Å². The molecule has 4 heteroatoms. The van der Waals surface area contributed by atoms with E-state index in [1.165, 1.54) is 12.1 Å². The van der Waals surface area contributed by atoms with Crippen LogP contribution in [0.2, 0.25) is 5.02 Å². The summed E-state index contributed by atoms with van der Waals surface area (Å²) in [4.78, 5) is 0. The summed E-state index contributed by atoms with van der Waals surface area (Å²) in [6.45, 7) is 4.31. The van der Waals surface area contributed by atoms with Crippen molar-refractivity contribution in [2.24, 2.45) is 11.8 Å². The summed E-state index contributed by atoms with van der Waals surface area (Å²) >= 11 is 5.59. The first kappa shape index (κ1) is 16.9. The highest BCUT2D eigenvalue weighted by Gasteiger charge is 2.36. The Morgan fingerprint density at radius 1 is 1.09 bits per heavy atom. The number of hydrogen-bond donors (Lipinski definition) is 0. The quantitative estimate of drug-likeness (QED) is 0.491. The number of fused-ring (bicyclic) bond motifs is 1. The highest BCUT2D eigenvalue weighted by molar-refractivity contribution is 6.30. The highest BCUT2D eigenvalue weighted by Crippen LogP contribution is 2.47. The second-order valence-electron chi connectivity index (χ2n) is 6.89. The summed E-state index contributed by atoms with van der Waals surface area (Å²) in [6.07, 6.45) is 8.56. The third-order valence-corrected chi connectivity index (χ3v) is 5.85. The van der Waals surface area contributed by atoms with Crippen LogP contribution in [0, 0.1) is 23.5 Å². The van der Waals surface area contributed by atoms with E-state index in [0.717, 1.165) is 44.1 Å². The lowest BCUT2D eigenvalue weighted by atomic mass is 9.65. The van der Waals surface area contributed by atoms with E-state index in [1.54, 1.807) is 6.08 Å². The van der Waals surface area contributed by atoms with Gasteiger partial charge in [0.25, 0.3) is 0 Å². The molecule has 2 saturated carbocycles. The minimum atomic E-state index is -0.648.